The van der Waals surface area contributed by atoms with Crippen molar-refractivity contribution in [1.29, 1.82) is 0 Å². The van der Waals surface area contributed by atoms with Crippen LogP contribution in [0.5, 0.6) is 5.75 Å². The van der Waals surface area contributed by atoms with Crippen LogP contribution in [-0.4, -0.2) is 151 Å². The zero-order chi connectivity index (χ0) is 53.1. The molecule has 3 aromatic carbocycles. The number of likely N-dealkylation sites (tertiary alicyclic amines) is 1. The van der Waals surface area contributed by atoms with Gasteiger partial charge in [-0.05, 0) is 71.7 Å². The standard InChI is InChI=1S/C53H64N8O12S/c1-31-46(74-30-56-31)34-9-7-32(8-10-34)27-55-50(67)42-25-37(62)28-61(42)52(69)47(53(2,3)4)58-45(64)29-72-22-21-71-20-19-70-18-17-54-48(65)36-12-11-33-14-16-40(39(33)23-36)57-49(66)41-26-44(73-59-41)35-13-15-38(43(63)24-35)51(68)60(5)6/h7-13,15,23-24,26,30,37,40,42,47,62-63H,14,16-22,25,27-29H2,1-6H3,(H,54,65)(H,55,67)(H,57,66)(H,58,64)/t37-,40-,42+,47-/m1/s1. The highest BCUT2D eigenvalue weighted by atomic mass is 32.1. The van der Waals surface area contributed by atoms with Crippen LogP contribution in [-0.2, 0) is 41.6 Å². The topological polar surface area (TPSA) is 264 Å². The number of ether oxygens (including phenoxy) is 3. The zero-order valence-corrected chi connectivity index (χ0v) is 43.2. The van der Waals surface area contributed by atoms with Gasteiger partial charge in [0, 0.05) is 57.3 Å². The molecule has 6 N–H and O–H groups in total. The summed E-state index contributed by atoms with van der Waals surface area (Å²) in [5, 5.41) is 36.4. The molecule has 1 fully saturated rings. The number of amides is 6. The van der Waals surface area contributed by atoms with Crippen LogP contribution >= 0.6 is 11.3 Å². The lowest BCUT2D eigenvalue weighted by Crippen LogP contribution is -2.58. The number of carbonyl (C=O) groups excluding carboxylic acids is 6. The predicted octanol–water partition coefficient (Wildman–Crippen LogP) is 4.19. The summed E-state index contributed by atoms with van der Waals surface area (Å²) in [4.78, 5) is 87.1. The molecule has 3 heterocycles. The van der Waals surface area contributed by atoms with E-state index in [1.54, 1.807) is 49.1 Å². The van der Waals surface area contributed by atoms with Gasteiger partial charge in [0.1, 0.15) is 24.4 Å². The molecular formula is C53H64N8O12S. The van der Waals surface area contributed by atoms with Gasteiger partial charge in [0.25, 0.3) is 17.7 Å². The average molecular weight is 1040 g/mol. The molecule has 0 saturated carbocycles. The first-order chi connectivity index (χ1) is 35.4. The van der Waals surface area contributed by atoms with E-state index in [1.165, 1.54) is 28.0 Å². The number of hydrogen-bond donors (Lipinski definition) is 6. The largest absolute Gasteiger partial charge is 0.507 e. The third kappa shape index (κ3) is 14.0. The van der Waals surface area contributed by atoms with Gasteiger partial charge < -0.3 is 60.0 Å². The molecule has 1 aliphatic carbocycles. The van der Waals surface area contributed by atoms with Gasteiger partial charge in [-0.2, -0.15) is 0 Å². The van der Waals surface area contributed by atoms with Gasteiger partial charge in [0.05, 0.1) is 66.8 Å². The first-order valence-electron chi connectivity index (χ1n) is 24.4. The Balaban J connectivity index is 0.764. The highest BCUT2D eigenvalue weighted by Crippen LogP contribution is 2.34. The monoisotopic (exact) mass is 1040 g/mol. The molecule has 4 atom stereocenters. The van der Waals surface area contributed by atoms with E-state index in [4.69, 9.17) is 18.7 Å². The molecule has 2 aromatic heterocycles. The van der Waals surface area contributed by atoms with Crippen molar-refractivity contribution in [3.05, 3.63) is 111 Å². The molecule has 0 spiro atoms. The number of rotatable bonds is 22. The molecule has 0 unspecified atom stereocenters. The molecule has 6 amide bonds. The number of aryl methyl sites for hydroxylation is 2. The Morgan fingerprint density at radius 2 is 1.61 bits per heavy atom. The Morgan fingerprint density at radius 1 is 0.892 bits per heavy atom. The number of carbonyl (C=O) groups is 6. The minimum absolute atomic E-state index is 0.0349. The quantitative estimate of drug-likeness (QED) is 0.0532. The number of thiazole rings is 1. The first-order valence-corrected chi connectivity index (χ1v) is 25.3. The number of β-amino-alcohol motifs (C(OH)–C–C–N with tert-alkyl or cyclic N) is 1. The van der Waals surface area contributed by atoms with Crippen molar-refractivity contribution in [2.24, 2.45) is 5.41 Å². The van der Waals surface area contributed by atoms with Crippen LogP contribution in [0.4, 0.5) is 0 Å². The molecule has 394 valence electrons. The van der Waals surface area contributed by atoms with Gasteiger partial charge in [-0.15, -0.1) is 11.3 Å². The van der Waals surface area contributed by atoms with Crippen LogP contribution in [0, 0.1) is 12.3 Å². The van der Waals surface area contributed by atoms with E-state index < -0.39 is 47.2 Å². The van der Waals surface area contributed by atoms with Crippen molar-refractivity contribution >= 4 is 46.8 Å². The summed E-state index contributed by atoms with van der Waals surface area (Å²) in [7, 11) is 3.16. The summed E-state index contributed by atoms with van der Waals surface area (Å²) < 4.78 is 22.1. The predicted molar refractivity (Wildman–Crippen MR) is 273 cm³/mol. The van der Waals surface area contributed by atoms with Crippen molar-refractivity contribution < 1.29 is 57.7 Å². The number of hydrogen-bond acceptors (Lipinski definition) is 15. The second-order valence-electron chi connectivity index (χ2n) is 19.5. The number of aliphatic hydroxyl groups is 1. The molecule has 20 nitrogen and oxygen atoms in total. The first kappa shape index (κ1) is 54.7. The average Bonchev–Trinajstić information content (AvgIpc) is 4.21. The van der Waals surface area contributed by atoms with Crippen molar-refractivity contribution in [1.82, 2.24) is 41.2 Å². The van der Waals surface area contributed by atoms with Gasteiger partial charge in [0.2, 0.25) is 17.7 Å². The smallest absolute Gasteiger partial charge is 0.273 e. The number of fused-ring (bicyclic) bond motifs is 1. The fourth-order valence-corrected chi connectivity index (χ4v) is 9.49. The van der Waals surface area contributed by atoms with Gasteiger partial charge in [0.15, 0.2) is 11.5 Å². The molecule has 7 rings (SSSR count). The Hall–Kier alpha value is -7.04. The summed E-state index contributed by atoms with van der Waals surface area (Å²) in [5.74, 6) is -2.50. The molecule has 5 aromatic rings. The lowest BCUT2D eigenvalue weighted by atomic mass is 9.85. The van der Waals surface area contributed by atoms with Gasteiger partial charge in [-0.25, -0.2) is 4.98 Å². The number of aliphatic hydroxyl groups excluding tert-OH is 1. The molecule has 0 radical (unpaired) electrons. The van der Waals surface area contributed by atoms with E-state index in [0.29, 0.717) is 24.0 Å². The molecule has 0 bridgehead atoms. The minimum atomic E-state index is -0.999. The number of nitrogens with zero attached hydrogens (tertiary/aromatic N) is 4. The Morgan fingerprint density at radius 3 is 2.30 bits per heavy atom. The van der Waals surface area contributed by atoms with E-state index in [2.05, 4.69) is 31.4 Å². The van der Waals surface area contributed by atoms with E-state index in [1.807, 2.05) is 58.0 Å². The third-order valence-corrected chi connectivity index (χ3v) is 13.7. The molecule has 1 saturated heterocycles. The van der Waals surface area contributed by atoms with Crippen molar-refractivity contribution in [2.45, 2.75) is 77.7 Å². The normalized spacial score (nSPS) is 16.6. The second-order valence-corrected chi connectivity index (χ2v) is 20.3. The maximum Gasteiger partial charge on any atom is 0.273 e. The van der Waals surface area contributed by atoms with E-state index in [0.717, 1.165) is 32.8 Å². The summed E-state index contributed by atoms with van der Waals surface area (Å²) in [6.07, 6.45) is 0.525. The Bertz CT molecular complexity index is 2810. The van der Waals surface area contributed by atoms with Gasteiger partial charge in [-0.3, -0.25) is 28.8 Å². The Labute approximate surface area is 433 Å². The second kappa shape index (κ2) is 24.8. The van der Waals surface area contributed by atoms with Crippen molar-refractivity contribution in [3.8, 4) is 27.5 Å². The number of phenolic OH excluding ortho intramolecular Hbond substituents is 1. The highest BCUT2D eigenvalue weighted by molar-refractivity contribution is 7.13. The maximum atomic E-state index is 14.0. The van der Waals surface area contributed by atoms with E-state index in [-0.39, 0.29) is 106 Å². The molecule has 1 aliphatic heterocycles. The van der Waals surface area contributed by atoms with Crippen LogP contribution in [0.25, 0.3) is 21.8 Å². The molecule has 21 heteroatoms. The van der Waals surface area contributed by atoms with Crippen LogP contribution in [0.2, 0.25) is 0 Å². The number of aromatic nitrogens is 2. The number of aromatic hydroxyl groups is 1. The lowest BCUT2D eigenvalue weighted by molar-refractivity contribution is -0.144. The zero-order valence-electron chi connectivity index (χ0n) is 42.4. The SMILES string of the molecule is Cc1ncsc1-c1ccc(CNC(=O)[C@@H]2C[C@@H](O)CN2C(=O)[C@@H](NC(=O)COCCOCCOCCNC(=O)c2ccc3c(c2)[C@H](NC(=O)c2cc(-c4ccc(C(=O)N(C)C)c(O)c4)on2)CC3)C(C)(C)C)cc1. The molecular weight excluding hydrogens is 973 g/mol. The third-order valence-electron chi connectivity index (χ3n) is 12.7. The number of phenols is 1. The van der Waals surface area contributed by atoms with Crippen LogP contribution in [0.15, 0.2) is 76.8 Å². The summed E-state index contributed by atoms with van der Waals surface area (Å²) in [5.41, 5.74) is 6.81. The summed E-state index contributed by atoms with van der Waals surface area (Å²) >= 11 is 1.56. The van der Waals surface area contributed by atoms with Crippen LogP contribution < -0.4 is 21.3 Å². The van der Waals surface area contributed by atoms with Gasteiger partial charge in [-0.1, -0.05) is 62.3 Å². The van der Waals surface area contributed by atoms with E-state index in [9.17, 15) is 39.0 Å². The summed E-state index contributed by atoms with van der Waals surface area (Å²) in [6, 6.07) is 16.8. The van der Waals surface area contributed by atoms with E-state index >= 15 is 0 Å². The fourth-order valence-electron chi connectivity index (χ4n) is 8.68. The number of benzene rings is 3. The van der Waals surface area contributed by atoms with Crippen molar-refractivity contribution in [3.63, 3.8) is 0 Å². The molecule has 2 aliphatic rings. The molecule has 74 heavy (non-hydrogen) atoms. The Kier molecular flexibility index (Phi) is 18.3. The summed E-state index contributed by atoms with van der Waals surface area (Å²) in [6.45, 7) is 8.47. The maximum absolute atomic E-state index is 14.0. The van der Waals surface area contributed by atoms with Crippen LogP contribution in [0.3, 0.4) is 0 Å². The lowest BCUT2D eigenvalue weighted by Gasteiger charge is -2.35. The fraction of sp³-hybridized carbons (Fsp3) is 0.434. The number of nitrogens with one attached hydrogen (secondary N) is 4. The minimum Gasteiger partial charge on any atom is -0.507 e. The van der Waals surface area contributed by atoms with Gasteiger partial charge >= 0.3 is 0 Å². The van der Waals surface area contributed by atoms with Crippen molar-refractivity contribution in [2.75, 3.05) is 66.8 Å². The van der Waals surface area contributed by atoms with Crippen LogP contribution in [0.1, 0.15) is 93.2 Å². The highest BCUT2D eigenvalue weighted by Gasteiger charge is 2.44.